The molecule has 1 fully saturated rings. The molecule has 1 saturated carbocycles. The Morgan fingerprint density at radius 2 is 1.95 bits per heavy atom. The highest BCUT2D eigenvalue weighted by molar-refractivity contribution is 5.73. The molecule has 0 bridgehead atoms. The number of hydrogen-bond donors (Lipinski definition) is 0. The van der Waals surface area contributed by atoms with Crippen LogP contribution in [0.5, 0.6) is 5.75 Å². The van der Waals surface area contributed by atoms with Crippen LogP contribution in [0.4, 0.5) is 0 Å². The number of rotatable bonds is 3. The number of carbonyl (C=O) groups excluding carboxylic acids is 1. The lowest BCUT2D eigenvalue weighted by molar-refractivity contribution is -0.146. The molecule has 2 atom stereocenters. The molecule has 1 aromatic carbocycles. The Kier molecular flexibility index (Phi) is 4.83. The van der Waals surface area contributed by atoms with Gasteiger partial charge in [-0.2, -0.15) is 0 Å². The summed E-state index contributed by atoms with van der Waals surface area (Å²) in [6.45, 7) is 0. The van der Waals surface area contributed by atoms with Gasteiger partial charge in [0.05, 0.1) is 20.1 Å². The van der Waals surface area contributed by atoms with Crippen LogP contribution in [0.1, 0.15) is 43.6 Å². The van der Waals surface area contributed by atoms with E-state index in [1.54, 1.807) is 7.11 Å². The largest absolute Gasteiger partial charge is 0.497 e. The van der Waals surface area contributed by atoms with Crippen LogP contribution in [0, 0.1) is 5.92 Å². The fraction of sp³-hybridized carbons (Fsp3) is 0.562. The Balaban J connectivity index is 2.28. The molecule has 1 aliphatic rings. The molecule has 19 heavy (non-hydrogen) atoms. The van der Waals surface area contributed by atoms with Crippen molar-refractivity contribution in [3.8, 4) is 5.75 Å². The smallest absolute Gasteiger partial charge is 0.309 e. The molecule has 0 heterocycles. The van der Waals surface area contributed by atoms with Crippen LogP contribution in [0.3, 0.4) is 0 Å². The molecule has 3 nitrogen and oxygen atoms in total. The Morgan fingerprint density at radius 1 is 1.16 bits per heavy atom. The topological polar surface area (TPSA) is 35.5 Å². The molecule has 0 saturated heterocycles. The molecule has 0 spiro atoms. The Morgan fingerprint density at radius 3 is 2.68 bits per heavy atom. The number of carbonyl (C=O) groups is 1. The van der Waals surface area contributed by atoms with E-state index in [0.29, 0.717) is 0 Å². The van der Waals surface area contributed by atoms with Crippen molar-refractivity contribution in [1.82, 2.24) is 0 Å². The van der Waals surface area contributed by atoms with Gasteiger partial charge in [-0.05, 0) is 36.5 Å². The van der Waals surface area contributed by atoms with Crippen molar-refractivity contribution < 1.29 is 14.3 Å². The van der Waals surface area contributed by atoms with Crippen molar-refractivity contribution >= 4 is 5.97 Å². The number of hydrogen-bond acceptors (Lipinski definition) is 3. The molecule has 1 aromatic rings. The lowest BCUT2D eigenvalue weighted by atomic mass is 9.82. The second-order valence-electron chi connectivity index (χ2n) is 5.15. The van der Waals surface area contributed by atoms with E-state index >= 15 is 0 Å². The average molecular weight is 262 g/mol. The van der Waals surface area contributed by atoms with Gasteiger partial charge < -0.3 is 9.47 Å². The van der Waals surface area contributed by atoms with E-state index in [-0.39, 0.29) is 17.8 Å². The molecule has 0 aromatic heterocycles. The van der Waals surface area contributed by atoms with Crippen molar-refractivity contribution in [2.24, 2.45) is 5.92 Å². The summed E-state index contributed by atoms with van der Waals surface area (Å²) in [6, 6.07) is 8.07. The fourth-order valence-electron chi connectivity index (χ4n) is 3.01. The van der Waals surface area contributed by atoms with Gasteiger partial charge >= 0.3 is 5.97 Å². The zero-order valence-corrected chi connectivity index (χ0v) is 11.7. The highest BCUT2D eigenvalue weighted by Gasteiger charge is 2.31. The molecule has 0 N–H and O–H groups in total. The molecule has 0 amide bonds. The van der Waals surface area contributed by atoms with E-state index in [0.717, 1.165) is 25.0 Å². The van der Waals surface area contributed by atoms with Gasteiger partial charge in [-0.15, -0.1) is 0 Å². The number of methoxy groups -OCH3 is 2. The van der Waals surface area contributed by atoms with Crippen molar-refractivity contribution in [3.63, 3.8) is 0 Å². The second-order valence-corrected chi connectivity index (χ2v) is 5.15. The van der Waals surface area contributed by atoms with E-state index in [9.17, 15) is 4.79 Å². The minimum Gasteiger partial charge on any atom is -0.497 e. The molecule has 2 rings (SSSR count). The predicted molar refractivity (Wildman–Crippen MR) is 74.3 cm³/mol. The zero-order chi connectivity index (χ0) is 13.7. The van der Waals surface area contributed by atoms with Crippen molar-refractivity contribution in [2.45, 2.75) is 38.0 Å². The summed E-state index contributed by atoms with van der Waals surface area (Å²) >= 11 is 0. The van der Waals surface area contributed by atoms with Crippen LogP contribution in [0.15, 0.2) is 24.3 Å². The highest BCUT2D eigenvalue weighted by Crippen LogP contribution is 2.38. The predicted octanol–water partition coefficient (Wildman–Crippen LogP) is 3.53. The van der Waals surface area contributed by atoms with E-state index in [1.165, 1.54) is 25.5 Å². The molecule has 0 radical (unpaired) electrons. The molecule has 2 unspecified atom stereocenters. The molecule has 3 heteroatoms. The maximum Gasteiger partial charge on any atom is 0.309 e. The van der Waals surface area contributed by atoms with Crippen LogP contribution in [0.25, 0.3) is 0 Å². The average Bonchev–Trinajstić information content (AvgIpc) is 2.72. The van der Waals surface area contributed by atoms with Crippen LogP contribution < -0.4 is 4.74 Å². The lowest BCUT2D eigenvalue weighted by Crippen LogP contribution is -2.22. The Bertz CT molecular complexity index is 428. The first-order valence-electron chi connectivity index (χ1n) is 6.98. The van der Waals surface area contributed by atoms with Crippen molar-refractivity contribution in [3.05, 3.63) is 29.8 Å². The number of benzene rings is 1. The summed E-state index contributed by atoms with van der Waals surface area (Å²) in [6.07, 6.45) is 5.46. The van der Waals surface area contributed by atoms with Gasteiger partial charge in [-0.25, -0.2) is 0 Å². The third kappa shape index (κ3) is 3.28. The van der Waals surface area contributed by atoms with Gasteiger partial charge in [0.25, 0.3) is 0 Å². The first-order valence-corrected chi connectivity index (χ1v) is 6.98. The van der Waals surface area contributed by atoms with Crippen LogP contribution in [-0.2, 0) is 9.53 Å². The summed E-state index contributed by atoms with van der Waals surface area (Å²) < 4.78 is 10.3. The number of esters is 1. The lowest BCUT2D eigenvalue weighted by Gasteiger charge is -2.23. The third-order valence-electron chi connectivity index (χ3n) is 4.04. The maximum absolute atomic E-state index is 12.0. The van der Waals surface area contributed by atoms with E-state index < -0.39 is 0 Å². The summed E-state index contributed by atoms with van der Waals surface area (Å²) in [5, 5.41) is 0. The molecule has 104 valence electrons. The van der Waals surface area contributed by atoms with E-state index in [2.05, 4.69) is 6.07 Å². The first-order chi connectivity index (χ1) is 9.26. The zero-order valence-electron chi connectivity index (χ0n) is 11.7. The molecular formula is C16H22O3. The third-order valence-corrected chi connectivity index (χ3v) is 4.04. The van der Waals surface area contributed by atoms with Crippen molar-refractivity contribution in [2.75, 3.05) is 14.2 Å². The van der Waals surface area contributed by atoms with Gasteiger partial charge in [0.1, 0.15) is 5.75 Å². The summed E-state index contributed by atoms with van der Waals surface area (Å²) in [5.41, 5.74) is 1.19. The van der Waals surface area contributed by atoms with Crippen LogP contribution in [0.2, 0.25) is 0 Å². The minimum atomic E-state index is -0.0743. The van der Waals surface area contributed by atoms with Gasteiger partial charge in [-0.1, -0.05) is 31.4 Å². The second kappa shape index (κ2) is 6.60. The minimum absolute atomic E-state index is 0.0143. The quantitative estimate of drug-likeness (QED) is 0.617. The Hall–Kier alpha value is -1.51. The highest BCUT2D eigenvalue weighted by atomic mass is 16.5. The molecule has 1 aliphatic carbocycles. The Labute approximate surface area is 114 Å². The van der Waals surface area contributed by atoms with Gasteiger partial charge in [-0.3, -0.25) is 4.79 Å². The summed E-state index contributed by atoms with van der Waals surface area (Å²) in [7, 11) is 3.15. The van der Waals surface area contributed by atoms with Crippen molar-refractivity contribution in [1.29, 1.82) is 0 Å². The standard InChI is InChI=1S/C16H22O3/c1-18-13-8-6-7-12(11-13)14-9-4-3-5-10-15(14)16(17)19-2/h6-8,11,14-15H,3-5,9-10H2,1-2H3. The SMILES string of the molecule is COC(=O)C1CCCCCC1c1cccc(OC)c1. The summed E-state index contributed by atoms with van der Waals surface area (Å²) in [5.74, 6) is 1.02. The summed E-state index contributed by atoms with van der Waals surface area (Å²) in [4.78, 5) is 12.0. The molecular weight excluding hydrogens is 240 g/mol. The fourth-order valence-corrected chi connectivity index (χ4v) is 3.01. The van der Waals surface area contributed by atoms with Gasteiger partial charge in [0.15, 0.2) is 0 Å². The van der Waals surface area contributed by atoms with Gasteiger partial charge in [0, 0.05) is 0 Å². The van der Waals surface area contributed by atoms with E-state index in [1.807, 2.05) is 18.2 Å². The van der Waals surface area contributed by atoms with Crippen LogP contribution >= 0.6 is 0 Å². The van der Waals surface area contributed by atoms with Gasteiger partial charge in [0.2, 0.25) is 0 Å². The molecule has 0 aliphatic heterocycles. The maximum atomic E-state index is 12.0. The normalized spacial score (nSPS) is 23.5. The first kappa shape index (κ1) is 13.9. The number of ether oxygens (including phenoxy) is 2. The van der Waals surface area contributed by atoms with Crippen LogP contribution in [-0.4, -0.2) is 20.2 Å². The van der Waals surface area contributed by atoms with E-state index in [4.69, 9.17) is 9.47 Å². The monoisotopic (exact) mass is 262 g/mol.